The Morgan fingerprint density at radius 3 is 2.71 bits per heavy atom. The van der Waals surface area contributed by atoms with Gasteiger partial charge in [-0.05, 0) is 54.2 Å². The predicted molar refractivity (Wildman–Crippen MR) is 83.2 cm³/mol. The van der Waals surface area contributed by atoms with Crippen LogP contribution in [-0.4, -0.2) is 13.9 Å². The molecular weight excluding hydrogens is 264 g/mol. The summed E-state index contributed by atoms with van der Waals surface area (Å²) in [5, 5.41) is 0. The first-order valence-electron chi connectivity index (χ1n) is 8.07. The maximum absolute atomic E-state index is 5.59. The highest BCUT2D eigenvalue weighted by molar-refractivity contribution is 5.55. The molecule has 0 amide bonds. The summed E-state index contributed by atoms with van der Waals surface area (Å²) < 4.78 is 16.6. The van der Waals surface area contributed by atoms with E-state index in [4.69, 9.17) is 14.2 Å². The van der Waals surface area contributed by atoms with Gasteiger partial charge in [-0.15, -0.1) is 0 Å². The number of methoxy groups -OCH3 is 1. The summed E-state index contributed by atoms with van der Waals surface area (Å²) in [6, 6.07) is 4.33. The van der Waals surface area contributed by atoms with Crippen LogP contribution >= 0.6 is 0 Å². The maximum atomic E-state index is 5.59. The molecule has 3 heteroatoms. The minimum Gasteiger partial charge on any atom is -0.493 e. The summed E-state index contributed by atoms with van der Waals surface area (Å²) in [7, 11) is 1.70. The van der Waals surface area contributed by atoms with Crippen LogP contribution in [0.4, 0.5) is 0 Å². The molecule has 0 radical (unpaired) electrons. The highest BCUT2D eigenvalue weighted by Crippen LogP contribution is 2.49. The van der Waals surface area contributed by atoms with Gasteiger partial charge in [0.2, 0.25) is 12.5 Å². The van der Waals surface area contributed by atoms with Crippen LogP contribution in [0, 0.1) is 17.8 Å². The van der Waals surface area contributed by atoms with Gasteiger partial charge in [0.15, 0.2) is 11.5 Å². The molecule has 21 heavy (non-hydrogen) atoms. The van der Waals surface area contributed by atoms with Crippen LogP contribution in [0.5, 0.6) is 17.2 Å². The third kappa shape index (κ3) is 2.70. The largest absolute Gasteiger partial charge is 0.493 e. The maximum Gasteiger partial charge on any atom is 0.231 e. The average Bonchev–Trinajstić information content (AvgIpc) is 2.94. The van der Waals surface area contributed by atoms with E-state index in [1.165, 1.54) is 24.8 Å². The lowest BCUT2D eigenvalue weighted by Gasteiger charge is -2.38. The first-order valence-corrected chi connectivity index (χ1v) is 8.07. The van der Waals surface area contributed by atoms with Crippen molar-refractivity contribution in [3.05, 3.63) is 17.7 Å². The van der Waals surface area contributed by atoms with Gasteiger partial charge >= 0.3 is 0 Å². The van der Waals surface area contributed by atoms with Crippen molar-refractivity contribution in [1.82, 2.24) is 0 Å². The SMILES string of the molecule is COc1cc([C@@H]2C[C@H](C)CC[C@H]2C(C)C)cc2c1OCO2. The fraction of sp³-hybridized carbons (Fsp3) is 0.667. The van der Waals surface area contributed by atoms with Crippen molar-refractivity contribution in [2.45, 2.75) is 46.0 Å². The molecule has 3 nitrogen and oxygen atoms in total. The molecule has 0 unspecified atom stereocenters. The van der Waals surface area contributed by atoms with Gasteiger partial charge in [0.1, 0.15) is 0 Å². The Labute approximate surface area is 127 Å². The highest BCUT2D eigenvalue weighted by atomic mass is 16.7. The Bertz CT molecular complexity index is 509. The summed E-state index contributed by atoms with van der Waals surface area (Å²) in [5.41, 5.74) is 1.35. The zero-order chi connectivity index (χ0) is 15.0. The topological polar surface area (TPSA) is 27.7 Å². The van der Waals surface area contributed by atoms with Crippen molar-refractivity contribution in [3.63, 3.8) is 0 Å². The monoisotopic (exact) mass is 290 g/mol. The van der Waals surface area contributed by atoms with E-state index < -0.39 is 0 Å². The zero-order valence-electron chi connectivity index (χ0n) is 13.5. The Balaban J connectivity index is 1.97. The van der Waals surface area contributed by atoms with E-state index in [-0.39, 0.29) is 0 Å². The molecule has 0 bridgehead atoms. The molecule has 0 N–H and O–H groups in total. The van der Waals surface area contributed by atoms with Crippen LogP contribution in [0.25, 0.3) is 0 Å². The normalized spacial score (nSPS) is 28.0. The molecule has 1 saturated carbocycles. The third-order valence-corrected chi connectivity index (χ3v) is 5.13. The zero-order valence-corrected chi connectivity index (χ0v) is 13.5. The van der Waals surface area contributed by atoms with E-state index in [0.29, 0.717) is 18.6 Å². The Hall–Kier alpha value is -1.38. The molecular formula is C18H26O3. The van der Waals surface area contributed by atoms with E-state index in [0.717, 1.165) is 29.1 Å². The van der Waals surface area contributed by atoms with Gasteiger partial charge in [0.25, 0.3) is 0 Å². The summed E-state index contributed by atoms with van der Waals surface area (Å²) in [4.78, 5) is 0. The Kier molecular flexibility index (Phi) is 4.01. The second-order valence-corrected chi connectivity index (χ2v) is 6.89. The number of benzene rings is 1. The van der Waals surface area contributed by atoms with E-state index in [2.05, 4.69) is 32.9 Å². The molecule has 0 aromatic heterocycles. The Morgan fingerprint density at radius 2 is 2.00 bits per heavy atom. The van der Waals surface area contributed by atoms with Crippen molar-refractivity contribution in [2.24, 2.45) is 17.8 Å². The van der Waals surface area contributed by atoms with Crippen molar-refractivity contribution in [2.75, 3.05) is 13.9 Å². The molecule has 0 saturated heterocycles. The van der Waals surface area contributed by atoms with Crippen LogP contribution in [0.2, 0.25) is 0 Å². The minimum atomic E-state index is 0.295. The van der Waals surface area contributed by atoms with Gasteiger partial charge in [-0.3, -0.25) is 0 Å². The van der Waals surface area contributed by atoms with Crippen molar-refractivity contribution in [3.8, 4) is 17.2 Å². The summed E-state index contributed by atoms with van der Waals surface area (Å²) in [6.07, 6.45) is 3.92. The summed E-state index contributed by atoms with van der Waals surface area (Å²) in [6.45, 7) is 7.35. The van der Waals surface area contributed by atoms with Gasteiger partial charge < -0.3 is 14.2 Å². The average molecular weight is 290 g/mol. The number of hydrogen-bond donors (Lipinski definition) is 0. The molecule has 116 valence electrons. The molecule has 1 aromatic carbocycles. The number of hydrogen-bond acceptors (Lipinski definition) is 3. The molecule has 0 spiro atoms. The molecule has 1 fully saturated rings. The second kappa shape index (κ2) is 5.78. The lowest BCUT2D eigenvalue weighted by molar-refractivity contribution is 0.171. The number of rotatable bonds is 3. The number of ether oxygens (including phenoxy) is 3. The predicted octanol–water partition coefficient (Wildman–Crippen LogP) is 4.60. The van der Waals surface area contributed by atoms with Gasteiger partial charge in [0.05, 0.1) is 7.11 Å². The molecule has 3 atom stereocenters. The van der Waals surface area contributed by atoms with Crippen molar-refractivity contribution < 1.29 is 14.2 Å². The van der Waals surface area contributed by atoms with Gasteiger partial charge in [-0.1, -0.05) is 27.2 Å². The molecule has 1 aliphatic heterocycles. The van der Waals surface area contributed by atoms with Crippen molar-refractivity contribution >= 4 is 0 Å². The van der Waals surface area contributed by atoms with Crippen LogP contribution in [0.3, 0.4) is 0 Å². The fourth-order valence-electron chi connectivity index (χ4n) is 3.95. The van der Waals surface area contributed by atoms with E-state index in [1.54, 1.807) is 7.11 Å². The van der Waals surface area contributed by atoms with E-state index in [9.17, 15) is 0 Å². The van der Waals surface area contributed by atoms with Gasteiger partial charge in [0, 0.05) is 0 Å². The third-order valence-electron chi connectivity index (χ3n) is 5.13. The molecule has 3 rings (SSSR count). The first kappa shape index (κ1) is 14.6. The lowest BCUT2D eigenvalue weighted by atomic mass is 9.67. The lowest BCUT2D eigenvalue weighted by Crippen LogP contribution is -2.26. The molecule has 1 heterocycles. The van der Waals surface area contributed by atoms with Crippen molar-refractivity contribution in [1.29, 1.82) is 0 Å². The number of fused-ring (bicyclic) bond motifs is 1. The smallest absolute Gasteiger partial charge is 0.231 e. The first-order chi connectivity index (χ1) is 10.1. The van der Waals surface area contributed by atoms with Crippen LogP contribution < -0.4 is 14.2 Å². The van der Waals surface area contributed by atoms with Crippen LogP contribution in [0.1, 0.15) is 51.5 Å². The minimum absolute atomic E-state index is 0.295. The van der Waals surface area contributed by atoms with Gasteiger partial charge in [-0.25, -0.2) is 0 Å². The second-order valence-electron chi connectivity index (χ2n) is 6.89. The van der Waals surface area contributed by atoms with E-state index >= 15 is 0 Å². The van der Waals surface area contributed by atoms with E-state index in [1.807, 2.05) is 0 Å². The molecule has 1 aromatic rings. The Morgan fingerprint density at radius 1 is 1.19 bits per heavy atom. The quantitative estimate of drug-likeness (QED) is 0.814. The highest BCUT2D eigenvalue weighted by Gasteiger charge is 2.33. The summed E-state index contributed by atoms with van der Waals surface area (Å²) in [5.74, 6) is 5.24. The molecule has 1 aliphatic carbocycles. The van der Waals surface area contributed by atoms with Crippen LogP contribution in [0.15, 0.2) is 12.1 Å². The summed E-state index contributed by atoms with van der Waals surface area (Å²) >= 11 is 0. The fourth-order valence-corrected chi connectivity index (χ4v) is 3.95. The van der Waals surface area contributed by atoms with Gasteiger partial charge in [-0.2, -0.15) is 0 Å². The van der Waals surface area contributed by atoms with Crippen LogP contribution in [-0.2, 0) is 0 Å². The standard InChI is InChI=1S/C18H26O3/c1-11(2)14-6-5-12(3)7-15(14)13-8-16(19-4)18-17(9-13)20-10-21-18/h8-9,11-12,14-15H,5-7,10H2,1-4H3/t12-,14+,15+/m1/s1. The molecule has 2 aliphatic rings.